The monoisotopic (exact) mass is 193 g/mol. The van der Waals surface area contributed by atoms with E-state index in [-0.39, 0.29) is 5.25 Å². The van der Waals surface area contributed by atoms with Crippen LogP contribution in [0.5, 0.6) is 0 Å². The minimum atomic E-state index is 0.0450. The number of nitrogens with two attached hydrogens (primary N) is 1. The molecule has 0 heterocycles. The highest BCUT2D eigenvalue weighted by molar-refractivity contribution is 8.23. The highest BCUT2D eigenvalue weighted by Gasteiger charge is 2.08. The highest BCUT2D eigenvalue weighted by Crippen LogP contribution is 2.12. The van der Waals surface area contributed by atoms with Crippen molar-refractivity contribution in [2.24, 2.45) is 11.0 Å². The van der Waals surface area contributed by atoms with Gasteiger partial charge in [0.05, 0.1) is 11.0 Å². The maximum absolute atomic E-state index is 8.37. The van der Waals surface area contributed by atoms with Gasteiger partial charge in [0.15, 0.2) is 0 Å². The van der Waals surface area contributed by atoms with Gasteiger partial charge >= 0.3 is 0 Å². The lowest BCUT2D eigenvalue weighted by Gasteiger charge is -2.08. The van der Waals surface area contributed by atoms with Crippen LogP contribution in [0.3, 0.4) is 0 Å². The van der Waals surface area contributed by atoms with Crippen molar-refractivity contribution in [3.8, 4) is 0 Å². The van der Waals surface area contributed by atoms with Crippen LogP contribution >= 0.6 is 24.0 Å². The number of thioether (sulfide) groups is 1. The predicted molar refractivity (Wildman–Crippen MR) is 51.9 cm³/mol. The van der Waals surface area contributed by atoms with Gasteiger partial charge in [0, 0.05) is 0 Å². The standard InChI is InChI=1S/C5H11N3OS2/c1-3(8-9)4(2)11-5(10)7-6/h4,9H,6H2,1-2H3,(H,7,10)/b8-3+. The molecule has 0 radical (unpaired) electrons. The predicted octanol–water partition coefficient (Wildman–Crippen LogP) is 0.706. The summed E-state index contributed by atoms with van der Waals surface area (Å²) in [5.74, 6) is 5.05. The van der Waals surface area contributed by atoms with E-state index in [0.29, 0.717) is 10.0 Å². The molecule has 1 atom stereocenters. The van der Waals surface area contributed by atoms with Crippen LogP contribution in [0.1, 0.15) is 13.8 Å². The fraction of sp³-hybridized carbons (Fsp3) is 0.600. The summed E-state index contributed by atoms with van der Waals surface area (Å²) in [6.45, 7) is 3.60. The highest BCUT2D eigenvalue weighted by atomic mass is 32.2. The van der Waals surface area contributed by atoms with Gasteiger partial charge < -0.3 is 10.6 Å². The van der Waals surface area contributed by atoms with Crippen LogP contribution in [0.4, 0.5) is 0 Å². The van der Waals surface area contributed by atoms with E-state index in [1.54, 1.807) is 6.92 Å². The third kappa shape index (κ3) is 4.18. The molecule has 0 bridgehead atoms. The van der Waals surface area contributed by atoms with Gasteiger partial charge in [0.1, 0.15) is 4.32 Å². The normalized spacial score (nSPS) is 14.3. The largest absolute Gasteiger partial charge is 0.411 e. The van der Waals surface area contributed by atoms with Crippen LogP contribution in [0.25, 0.3) is 0 Å². The third-order valence-electron chi connectivity index (χ3n) is 1.15. The van der Waals surface area contributed by atoms with E-state index in [2.05, 4.69) is 10.6 Å². The molecule has 0 fully saturated rings. The zero-order chi connectivity index (χ0) is 8.85. The Bertz CT molecular complexity index is 171. The van der Waals surface area contributed by atoms with Gasteiger partial charge in [-0.1, -0.05) is 29.1 Å². The van der Waals surface area contributed by atoms with Crippen LogP contribution in [-0.2, 0) is 0 Å². The topological polar surface area (TPSA) is 70.6 Å². The molecular formula is C5H11N3OS2. The number of nitrogens with zero attached hydrogens (tertiary/aromatic N) is 1. The minimum absolute atomic E-state index is 0.0450. The van der Waals surface area contributed by atoms with Crippen LogP contribution in [0, 0.1) is 0 Å². The number of nitrogens with one attached hydrogen (secondary N) is 1. The molecule has 4 nitrogen and oxygen atoms in total. The Morgan fingerprint density at radius 1 is 1.82 bits per heavy atom. The first-order valence-electron chi connectivity index (χ1n) is 2.97. The van der Waals surface area contributed by atoms with E-state index in [0.717, 1.165) is 0 Å². The molecule has 0 aromatic carbocycles. The Balaban J connectivity index is 3.87. The van der Waals surface area contributed by atoms with Crippen LogP contribution in [-0.4, -0.2) is 20.5 Å². The molecule has 1 unspecified atom stereocenters. The average molecular weight is 193 g/mol. The fourth-order valence-electron chi connectivity index (χ4n) is 0.361. The Hall–Kier alpha value is -0.330. The van der Waals surface area contributed by atoms with Crippen molar-refractivity contribution in [2.75, 3.05) is 0 Å². The zero-order valence-electron chi connectivity index (χ0n) is 6.37. The molecule has 0 aliphatic carbocycles. The summed E-state index contributed by atoms with van der Waals surface area (Å²) in [5.41, 5.74) is 2.95. The van der Waals surface area contributed by atoms with Gasteiger partial charge in [-0.15, -0.1) is 0 Å². The molecule has 0 spiro atoms. The van der Waals surface area contributed by atoms with Crippen molar-refractivity contribution in [1.29, 1.82) is 0 Å². The lowest BCUT2D eigenvalue weighted by molar-refractivity contribution is 0.318. The third-order valence-corrected chi connectivity index (χ3v) is 2.58. The summed E-state index contributed by atoms with van der Waals surface area (Å²) < 4.78 is 0.487. The molecule has 0 saturated heterocycles. The van der Waals surface area contributed by atoms with E-state index >= 15 is 0 Å². The first kappa shape index (κ1) is 10.7. The number of oxime groups is 1. The fourth-order valence-corrected chi connectivity index (χ4v) is 1.40. The van der Waals surface area contributed by atoms with Gasteiger partial charge in [-0.05, 0) is 13.8 Å². The number of hydrogen-bond donors (Lipinski definition) is 3. The Morgan fingerprint density at radius 3 is 2.73 bits per heavy atom. The molecule has 0 saturated carbocycles. The summed E-state index contributed by atoms with van der Waals surface area (Å²) in [6.07, 6.45) is 0. The number of hydrogen-bond acceptors (Lipinski definition) is 5. The van der Waals surface area contributed by atoms with E-state index in [4.69, 9.17) is 23.3 Å². The Kier molecular flexibility index (Phi) is 5.18. The first-order chi connectivity index (χ1) is 5.11. The summed E-state index contributed by atoms with van der Waals surface area (Å²) in [4.78, 5) is 0. The van der Waals surface area contributed by atoms with Gasteiger partial charge in [-0.2, -0.15) is 0 Å². The molecule has 0 aliphatic heterocycles. The van der Waals surface area contributed by atoms with Crippen molar-refractivity contribution in [1.82, 2.24) is 5.43 Å². The Morgan fingerprint density at radius 2 is 2.36 bits per heavy atom. The summed E-state index contributed by atoms with van der Waals surface area (Å²) in [6, 6.07) is 0. The zero-order valence-corrected chi connectivity index (χ0v) is 8.00. The summed E-state index contributed by atoms with van der Waals surface area (Å²) in [5, 5.41) is 11.5. The van der Waals surface area contributed by atoms with Crippen molar-refractivity contribution >= 4 is 34.0 Å². The molecule has 0 aromatic heterocycles. The van der Waals surface area contributed by atoms with Crippen LogP contribution < -0.4 is 11.3 Å². The van der Waals surface area contributed by atoms with Crippen LogP contribution in [0.2, 0.25) is 0 Å². The van der Waals surface area contributed by atoms with Crippen molar-refractivity contribution < 1.29 is 5.21 Å². The molecule has 64 valence electrons. The van der Waals surface area contributed by atoms with Gasteiger partial charge in [-0.3, -0.25) is 0 Å². The van der Waals surface area contributed by atoms with E-state index in [1.165, 1.54) is 11.8 Å². The summed E-state index contributed by atoms with van der Waals surface area (Å²) >= 11 is 6.13. The molecule has 0 aliphatic rings. The molecule has 0 amide bonds. The molecule has 0 rings (SSSR count). The second-order valence-electron chi connectivity index (χ2n) is 1.93. The second kappa shape index (κ2) is 5.34. The van der Waals surface area contributed by atoms with Gasteiger partial charge in [0.2, 0.25) is 0 Å². The maximum atomic E-state index is 8.37. The first-order valence-corrected chi connectivity index (χ1v) is 4.26. The van der Waals surface area contributed by atoms with Crippen molar-refractivity contribution in [2.45, 2.75) is 19.1 Å². The second-order valence-corrected chi connectivity index (χ2v) is 3.95. The number of thiocarbonyl (C=S) groups is 1. The number of rotatable bonds is 2. The molecule has 6 heteroatoms. The smallest absolute Gasteiger partial charge is 0.148 e. The minimum Gasteiger partial charge on any atom is -0.411 e. The lowest BCUT2D eigenvalue weighted by Crippen LogP contribution is -2.28. The van der Waals surface area contributed by atoms with Gasteiger partial charge in [-0.25, -0.2) is 5.84 Å². The molecular weight excluding hydrogens is 182 g/mol. The van der Waals surface area contributed by atoms with E-state index < -0.39 is 0 Å². The number of hydrazine groups is 1. The molecule has 11 heavy (non-hydrogen) atoms. The lowest BCUT2D eigenvalue weighted by atomic mass is 10.3. The maximum Gasteiger partial charge on any atom is 0.148 e. The quantitative estimate of drug-likeness (QED) is 0.198. The van der Waals surface area contributed by atoms with Gasteiger partial charge in [0.25, 0.3) is 0 Å². The van der Waals surface area contributed by atoms with Crippen molar-refractivity contribution in [3.63, 3.8) is 0 Å². The van der Waals surface area contributed by atoms with Crippen molar-refractivity contribution in [3.05, 3.63) is 0 Å². The summed E-state index contributed by atoms with van der Waals surface area (Å²) in [7, 11) is 0. The van der Waals surface area contributed by atoms with E-state index in [1.807, 2.05) is 6.92 Å². The average Bonchev–Trinajstić information content (AvgIpc) is 2.02. The Labute approximate surface area is 75.2 Å². The molecule has 0 aromatic rings. The van der Waals surface area contributed by atoms with E-state index in [9.17, 15) is 0 Å². The SMILES string of the molecule is C/C(=N\O)C(C)SC(=S)NN. The van der Waals surface area contributed by atoms with Crippen LogP contribution in [0.15, 0.2) is 5.16 Å². The molecule has 4 N–H and O–H groups in total.